The Balaban J connectivity index is 1.48. The van der Waals surface area contributed by atoms with Gasteiger partial charge < -0.3 is 19.8 Å². The quantitative estimate of drug-likeness (QED) is 0.859. The first-order valence-corrected chi connectivity index (χ1v) is 9.67. The molecule has 1 N–H and O–H groups in total. The maximum absolute atomic E-state index is 13.0. The van der Waals surface area contributed by atoms with Crippen LogP contribution >= 0.6 is 0 Å². The molecule has 0 bridgehead atoms. The van der Waals surface area contributed by atoms with Crippen molar-refractivity contribution in [1.82, 2.24) is 19.8 Å². The third-order valence-corrected chi connectivity index (χ3v) is 6.35. The maximum atomic E-state index is 13.0. The van der Waals surface area contributed by atoms with E-state index in [-0.39, 0.29) is 11.8 Å². The summed E-state index contributed by atoms with van der Waals surface area (Å²) in [6.45, 7) is 8.75. The molecular formula is C19H29N5O2. The number of carbonyl (C=O) groups is 1. The summed E-state index contributed by atoms with van der Waals surface area (Å²) in [5, 5.41) is 10.9. The first-order valence-electron chi connectivity index (χ1n) is 9.67. The molecule has 1 amide bonds. The van der Waals surface area contributed by atoms with Crippen molar-refractivity contribution in [3.8, 4) is 0 Å². The molecule has 3 heterocycles. The molecule has 2 atom stereocenters. The van der Waals surface area contributed by atoms with E-state index in [2.05, 4.69) is 26.8 Å². The highest BCUT2D eigenvalue weighted by atomic mass is 16.3. The standard InChI is InChI=1S/C19H29N5O2/c1-13-11-24(12-19(13,26)15-4-5-15)17(25)16-10-20-18(21-14(16)2)23-8-6-22(3)7-9-23/h10,13,15,26H,4-9,11-12H2,1-3H3/t13-,19+/m1/s1. The predicted octanol–water partition coefficient (Wildman–Crippen LogP) is 0.770. The lowest BCUT2D eigenvalue weighted by Gasteiger charge is -2.32. The minimum atomic E-state index is -0.718. The van der Waals surface area contributed by atoms with Gasteiger partial charge in [-0.1, -0.05) is 6.92 Å². The summed E-state index contributed by atoms with van der Waals surface area (Å²) in [6, 6.07) is 0. The summed E-state index contributed by atoms with van der Waals surface area (Å²) in [5.74, 6) is 1.12. The molecule has 1 saturated carbocycles. The Labute approximate surface area is 155 Å². The van der Waals surface area contributed by atoms with Crippen LogP contribution in [0.2, 0.25) is 0 Å². The van der Waals surface area contributed by atoms with E-state index >= 15 is 0 Å². The number of likely N-dealkylation sites (tertiary alicyclic amines) is 1. The molecular weight excluding hydrogens is 330 g/mol. The van der Waals surface area contributed by atoms with E-state index < -0.39 is 5.60 Å². The number of hydrogen-bond acceptors (Lipinski definition) is 6. The number of amides is 1. The second kappa shape index (κ2) is 6.46. The fraction of sp³-hybridized carbons (Fsp3) is 0.737. The summed E-state index contributed by atoms with van der Waals surface area (Å²) in [6.07, 6.45) is 3.81. The van der Waals surface area contributed by atoms with E-state index in [0.29, 0.717) is 36.2 Å². The van der Waals surface area contributed by atoms with Crippen LogP contribution in [0.3, 0.4) is 0 Å². The van der Waals surface area contributed by atoms with Crippen molar-refractivity contribution in [2.75, 3.05) is 51.2 Å². The average Bonchev–Trinajstić information content (AvgIpc) is 3.42. The third kappa shape index (κ3) is 3.07. The smallest absolute Gasteiger partial charge is 0.257 e. The van der Waals surface area contributed by atoms with Crippen LogP contribution in [0.5, 0.6) is 0 Å². The number of aromatic nitrogens is 2. The molecule has 4 rings (SSSR count). The van der Waals surface area contributed by atoms with Gasteiger partial charge in [0.05, 0.1) is 23.4 Å². The van der Waals surface area contributed by atoms with Crippen LogP contribution in [-0.4, -0.2) is 82.7 Å². The number of nitrogens with zero attached hydrogens (tertiary/aromatic N) is 5. The monoisotopic (exact) mass is 359 g/mol. The van der Waals surface area contributed by atoms with E-state index in [9.17, 15) is 9.90 Å². The number of rotatable bonds is 3. The van der Waals surface area contributed by atoms with Crippen LogP contribution in [0.1, 0.15) is 35.8 Å². The molecule has 7 nitrogen and oxygen atoms in total. The molecule has 0 aromatic carbocycles. The zero-order chi connectivity index (χ0) is 18.5. The minimum absolute atomic E-state index is 0.0594. The molecule has 1 aliphatic carbocycles. The van der Waals surface area contributed by atoms with E-state index in [0.717, 1.165) is 39.0 Å². The lowest BCUT2D eigenvalue weighted by molar-refractivity contribution is -0.00365. The molecule has 3 aliphatic rings. The summed E-state index contributed by atoms with van der Waals surface area (Å²) >= 11 is 0. The number of aryl methyl sites for hydroxylation is 1. The molecule has 26 heavy (non-hydrogen) atoms. The van der Waals surface area contributed by atoms with Crippen molar-refractivity contribution in [3.63, 3.8) is 0 Å². The molecule has 0 radical (unpaired) electrons. The van der Waals surface area contributed by atoms with Gasteiger partial charge in [-0.2, -0.15) is 0 Å². The van der Waals surface area contributed by atoms with Gasteiger partial charge in [-0.3, -0.25) is 4.79 Å². The van der Waals surface area contributed by atoms with E-state index in [1.807, 2.05) is 13.8 Å². The first-order chi connectivity index (χ1) is 12.4. The second-order valence-corrected chi connectivity index (χ2v) is 8.31. The van der Waals surface area contributed by atoms with Crippen LogP contribution in [0.25, 0.3) is 0 Å². The van der Waals surface area contributed by atoms with Gasteiger partial charge in [-0.05, 0) is 32.7 Å². The van der Waals surface area contributed by atoms with Gasteiger partial charge in [0, 0.05) is 44.8 Å². The van der Waals surface area contributed by atoms with E-state index in [4.69, 9.17) is 0 Å². The molecule has 1 aromatic heterocycles. The Morgan fingerprint density at radius 2 is 1.96 bits per heavy atom. The number of anilines is 1. The van der Waals surface area contributed by atoms with Gasteiger partial charge in [0.25, 0.3) is 5.91 Å². The molecule has 142 valence electrons. The van der Waals surface area contributed by atoms with Crippen molar-refractivity contribution in [2.24, 2.45) is 11.8 Å². The normalized spacial score (nSPS) is 30.1. The van der Waals surface area contributed by atoms with Gasteiger partial charge in [0.2, 0.25) is 5.95 Å². The Hall–Kier alpha value is -1.73. The number of carbonyl (C=O) groups excluding carboxylic acids is 1. The molecule has 2 aliphatic heterocycles. The van der Waals surface area contributed by atoms with Gasteiger partial charge >= 0.3 is 0 Å². The van der Waals surface area contributed by atoms with Crippen molar-refractivity contribution in [2.45, 2.75) is 32.3 Å². The number of aliphatic hydroxyl groups is 1. The van der Waals surface area contributed by atoms with E-state index in [1.54, 1.807) is 11.1 Å². The van der Waals surface area contributed by atoms with Crippen molar-refractivity contribution in [3.05, 3.63) is 17.5 Å². The zero-order valence-corrected chi connectivity index (χ0v) is 16.0. The highest BCUT2D eigenvalue weighted by Gasteiger charge is 2.53. The summed E-state index contributed by atoms with van der Waals surface area (Å²) < 4.78 is 0. The lowest BCUT2D eigenvalue weighted by atomic mass is 9.88. The first kappa shape index (κ1) is 17.7. The molecule has 7 heteroatoms. The van der Waals surface area contributed by atoms with Crippen LogP contribution in [-0.2, 0) is 0 Å². The van der Waals surface area contributed by atoms with Crippen molar-refractivity contribution in [1.29, 1.82) is 0 Å². The van der Waals surface area contributed by atoms with Gasteiger partial charge in [-0.15, -0.1) is 0 Å². The predicted molar refractivity (Wildman–Crippen MR) is 99.2 cm³/mol. The summed E-state index contributed by atoms with van der Waals surface area (Å²) in [4.78, 5) is 28.3. The molecule has 1 aromatic rings. The van der Waals surface area contributed by atoms with Crippen LogP contribution in [0, 0.1) is 18.8 Å². The Morgan fingerprint density at radius 1 is 1.27 bits per heavy atom. The SMILES string of the molecule is Cc1nc(N2CCN(C)CC2)ncc1C(=O)N1C[C@@H](C)[C@](O)(C2CC2)C1. The fourth-order valence-electron chi connectivity index (χ4n) is 4.28. The molecule has 0 spiro atoms. The van der Waals surface area contributed by atoms with Gasteiger partial charge in [-0.25, -0.2) is 9.97 Å². The third-order valence-electron chi connectivity index (χ3n) is 6.35. The largest absolute Gasteiger partial charge is 0.387 e. The number of β-amino-alcohol motifs (C(OH)–C–C–N with tert-alkyl or cyclic N) is 1. The van der Waals surface area contributed by atoms with Crippen LogP contribution in [0.4, 0.5) is 5.95 Å². The van der Waals surface area contributed by atoms with Crippen LogP contribution in [0.15, 0.2) is 6.20 Å². The Kier molecular flexibility index (Phi) is 4.39. The molecule has 2 saturated heterocycles. The summed E-state index contributed by atoms with van der Waals surface area (Å²) in [5.41, 5.74) is 0.549. The van der Waals surface area contributed by atoms with Crippen LogP contribution < -0.4 is 4.90 Å². The highest BCUT2D eigenvalue weighted by Crippen LogP contribution is 2.47. The van der Waals surface area contributed by atoms with E-state index in [1.165, 1.54) is 0 Å². The maximum Gasteiger partial charge on any atom is 0.257 e. The van der Waals surface area contributed by atoms with Crippen molar-refractivity contribution >= 4 is 11.9 Å². The Bertz CT molecular complexity index is 699. The fourth-order valence-corrected chi connectivity index (χ4v) is 4.28. The highest BCUT2D eigenvalue weighted by molar-refractivity contribution is 5.95. The second-order valence-electron chi connectivity index (χ2n) is 8.31. The van der Waals surface area contributed by atoms with Gasteiger partial charge in [0.1, 0.15) is 0 Å². The lowest BCUT2D eigenvalue weighted by Crippen LogP contribution is -2.45. The molecule has 0 unspecified atom stereocenters. The number of hydrogen-bond donors (Lipinski definition) is 1. The number of piperazine rings is 1. The average molecular weight is 359 g/mol. The van der Waals surface area contributed by atoms with Gasteiger partial charge in [0.15, 0.2) is 0 Å². The van der Waals surface area contributed by atoms with Crippen molar-refractivity contribution < 1.29 is 9.90 Å². The minimum Gasteiger partial charge on any atom is -0.387 e. The Morgan fingerprint density at radius 3 is 2.58 bits per heavy atom. The zero-order valence-electron chi connectivity index (χ0n) is 16.0. The topological polar surface area (TPSA) is 72.8 Å². The summed E-state index contributed by atoms with van der Waals surface area (Å²) in [7, 11) is 2.12. The molecule has 3 fully saturated rings. The number of likely N-dealkylation sites (N-methyl/N-ethyl adjacent to an activating group) is 1.